The Hall–Kier alpha value is -2.09. The van der Waals surface area contributed by atoms with E-state index < -0.39 is 6.04 Å². The lowest BCUT2D eigenvalue weighted by molar-refractivity contribution is 0.414. The summed E-state index contributed by atoms with van der Waals surface area (Å²) in [5.41, 5.74) is 1.80. The van der Waals surface area contributed by atoms with E-state index in [1.165, 1.54) is 12.1 Å². The van der Waals surface area contributed by atoms with E-state index in [1.54, 1.807) is 19.2 Å². The van der Waals surface area contributed by atoms with Crippen molar-refractivity contribution in [3.63, 3.8) is 0 Å². The van der Waals surface area contributed by atoms with Crippen LogP contribution in [0.1, 0.15) is 30.1 Å². The van der Waals surface area contributed by atoms with Crippen LogP contribution < -0.4 is 10.1 Å². The Kier molecular flexibility index (Phi) is 6.84. The van der Waals surface area contributed by atoms with Gasteiger partial charge in [0.2, 0.25) is 0 Å². The first-order valence-electron chi connectivity index (χ1n) is 6.69. The number of hydrogen-bond donors (Lipinski definition) is 1. The standard InChI is InChI=1S/C17H17FN2O.ClH/c1-12(13-5-9-16(21-2)10-6-13)20-17(11-19)14-3-7-15(18)8-4-14;/h3-10,12,17,20H,1-2H3;1H/t12-,17+;/m0./s1. The Morgan fingerprint density at radius 3 is 2.09 bits per heavy atom. The van der Waals surface area contributed by atoms with E-state index in [2.05, 4.69) is 11.4 Å². The largest absolute Gasteiger partial charge is 0.497 e. The predicted octanol–water partition coefficient (Wildman–Crippen LogP) is 4.17. The quantitative estimate of drug-likeness (QED) is 0.899. The molecule has 0 fully saturated rings. The summed E-state index contributed by atoms with van der Waals surface area (Å²) in [6.45, 7) is 1.98. The highest BCUT2D eigenvalue weighted by molar-refractivity contribution is 5.85. The highest BCUT2D eigenvalue weighted by Crippen LogP contribution is 2.21. The molecule has 0 heterocycles. The van der Waals surface area contributed by atoms with Gasteiger partial charge < -0.3 is 4.74 Å². The molecule has 0 saturated heterocycles. The fraction of sp³-hybridized carbons (Fsp3) is 0.235. The molecule has 0 aromatic heterocycles. The molecular weight excluding hydrogens is 303 g/mol. The van der Waals surface area contributed by atoms with Gasteiger partial charge in [0.1, 0.15) is 17.6 Å². The molecule has 2 aromatic carbocycles. The molecule has 116 valence electrons. The van der Waals surface area contributed by atoms with Crippen molar-refractivity contribution in [1.29, 1.82) is 5.26 Å². The topological polar surface area (TPSA) is 45.0 Å². The van der Waals surface area contributed by atoms with Gasteiger partial charge in [0, 0.05) is 6.04 Å². The van der Waals surface area contributed by atoms with E-state index in [9.17, 15) is 9.65 Å². The molecule has 0 unspecified atom stereocenters. The molecule has 0 saturated carbocycles. The van der Waals surface area contributed by atoms with E-state index in [4.69, 9.17) is 4.74 Å². The van der Waals surface area contributed by atoms with Crippen LogP contribution >= 0.6 is 12.4 Å². The molecular formula is C17H18ClFN2O. The molecule has 0 radical (unpaired) electrons. The summed E-state index contributed by atoms with van der Waals surface area (Å²) in [6, 6.07) is 15.3. The third-order valence-electron chi connectivity index (χ3n) is 3.36. The first-order chi connectivity index (χ1) is 10.1. The highest BCUT2D eigenvalue weighted by atomic mass is 35.5. The van der Waals surface area contributed by atoms with Crippen LogP contribution in [0.2, 0.25) is 0 Å². The molecule has 5 heteroatoms. The number of benzene rings is 2. The Balaban J connectivity index is 0.00000242. The number of hydrogen-bond acceptors (Lipinski definition) is 3. The number of methoxy groups -OCH3 is 1. The van der Waals surface area contributed by atoms with Crippen molar-refractivity contribution in [2.24, 2.45) is 0 Å². The monoisotopic (exact) mass is 320 g/mol. The normalized spacial score (nSPS) is 12.6. The van der Waals surface area contributed by atoms with Crippen molar-refractivity contribution >= 4 is 12.4 Å². The van der Waals surface area contributed by atoms with Crippen LogP contribution in [0.5, 0.6) is 5.75 Å². The molecule has 0 bridgehead atoms. The van der Waals surface area contributed by atoms with Crippen molar-refractivity contribution in [3.8, 4) is 11.8 Å². The average Bonchev–Trinajstić information content (AvgIpc) is 2.53. The molecule has 1 N–H and O–H groups in total. The van der Waals surface area contributed by atoms with E-state index in [0.717, 1.165) is 16.9 Å². The summed E-state index contributed by atoms with van der Waals surface area (Å²) in [5.74, 6) is 0.486. The first kappa shape index (κ1) is 18.0. The zero-order chi connectivity index (χ0) is 15.2. The summed E-state index contributed by atoms with van der Waals surface area (Å²) in [7, 11) is 1.62. The first-order valence-corrected chi connectivity index (χ1v) is 6.69. The van der Waals surface area contributed by atoms with Gasteiger partial charge >= 0.3 is 0 Å². The van der Waals surface area contributed by atoms with Gasteiger partial charge in [0.05, 0.1) is 13.2 Å². The Morgan fingerprint density at radius 2 is 1.59 bits per heavy atom. The van der Waals surface area contributed by atoms with Gasteiger partial charge in [-0.25, -0.2) is 4.39 Å². The minimum absolute atomic E-state index is 0. The SMILES string of the molecule is COc1ccc([C@H](C)N[C@H](C#N)c2ccc(F)cc2)cc1.Cl. The molecule has 3 nitrogen and oxygen atoms in total. The Labute approximate surface area is 136 Å². The van der Waals surface area contributed by atoms with Gasteiger partial charge in [0.15, 0.2) is 0 Å². The number of halogens is 2. The second-order valence-corrected chi connectivity index (χ2v) is 4.78. The lowest BCUT2D eigenvalue weighted by atomic mass is 10.0. The fourth-order valence-corrected chi connectivity index (χ4v) is 2.10. The number of rotatable bonds is 5. The van der Waals surface area contributed by atoms with Crippen molar-refractivity contribution in [1.82, 2.24) is 5.32 Å². The van der Waals surface area contributed by atoms with Crippen molar-refractivity contribution < 1.29 is 9.13 Å². The molecule has 0 aliphatic carbocycles. The molecule has 2 rings (SSSR count). The van der Waals surface area contributed by atoms with Gasteiger partial charge in [-0.2, -0.15) is 5.26 Å². The Bertz CT molecular complexity index is 623. The van der Waals surface area contributed by atoms with Crippen LogP contribution in [0.4, 0.5) is 4.39 Å². The van der Waals surface area contributed by atoms with Gasteiger partial charge in [-0.1, -0.05) is 24.3 Å². The van der Waals surface area contributed by atoms with Gasteiger partial charge in [-0.3, -0.25) is 5.32 Å². The van der Waals surface area contributed by atoms with Crippen LogP contribution in [0.25, 0.3) is 0 Å². The van der Waals surface area contributed by atoms with Gasteiger partial charge in [-0.15, -0.1) is 12.4 Å². The number of nitrogens with one attached hydrogen (secondary N) is 1. The molecule has 0 aliphatic rings. The molecule has 2 atom stereocenters. The summed E-state index contributed by atoms with van der Waals surface area (Å²) < 4.78 is 18.1. The number of nitrogens with zero attached hydrogens (tertiary/aromatic N) is 1. The minimum atomic E-state index is -0.484. The molecule has 2 aromatic rings. The van der Waals surface area contributed by atoms with Crippen LogP contribution in [0, 0.1) is 17.1 Å². The van der Waals surface area contributed by atoms with E-state index in [0.29, 0.717) is 0 Å². The lowest BCUT2D eigenvalue weighted by Gasteiger charge is -2.19. The molecule has 22 heavy (non-hydrogen) atoms. The van der Waals surface area contributed by atoms with E-state index in [-0.39, 0.29) is 24.3 Å². The van der Waals surface area contributed by atoms with Crippen molar-refractivity contribution in [2.75, 3.05) is 7.11 Å². The average molecular weight is 321 g/mol. The molecule has 0 amide bonds. The zero-order valence-electron chi connectivity index (χ0n) is 12.4. The Morgan fingerprint density at radius 1 is 1.05 bits per heavy atom. The maximum absolute atomic E-state index is 12.9. The summed E-state index contributed by atoms with van der Waals surface area (Å²) >= 11 is 0. The second-order valence-electron chi connectivity index (χ2n) is 4.78. The highest BCUT2D eigenvalue weighted by Gasteiger charge is 2.14. The van der Waals surface area contributed by atoms with Crippen LogP contribution in [0.15, 0.2) is 48.5 Å². The van der Waals surface area contributed by atoms with Crippen LogP contribution in [0.3, 0.4) is 0 Å². The third kappa shape index (κ3) is 4.45. The van der Waals surface area contributed by atoms with Gasteiger partial charge in [-0.05, 0) is 42.3 Å². The predicted molar refractivity (Wildman–Crippen MR) is 86.5 cm³/mol. The van der Waals surface area contributed by atoms with Crippen LogP contribution in [-0.4, -0.2) is 7.11 Å². The van der Waals surface area contributed by atoms with E-state index in [1.807, 2.05) is 31.2 Å². The van der Waals surface area contributed by atoms with E-state index >= 15 is 0 Å². The number of ether oxygens (including phenoxy) is 1. The second kappa shape index (κ2) is 8.38. The summed E-state index contributed by atoms with van der Waals surface area (Å²) in [6.07, 6.45) is 0. The van der Waals surface area contributed by atoms with Gasteiger partial charge in [0.25, 0.3) is 0 Å². The maximum atomic E-state index is 12.9. The van der Waals surface area contributed by atoms with Crippen molar-refractivity contribution in [2.45, 2.75) is 19.0 Å². The third-order valence-corrected chi connectivity index (χ3v) is 3.36. The molecule has 0 aliphatic heterocycles. The van der Waals surface area contributed by atoms with Crippen molar-refractivity contribution in [3.05, 3.63) is 65.5 Å². The zero-order valence-corrected chi connectivity index (χ0v) is 13.2. The minimum Gasteiger partial charge on any atom is -0.497 e. The lowest BCUT2D eigenvalue weighted by Crippen LogP contribution is -2.23. The summed E-state index contributed by atoms with van der Waals surface area (Å²) in [5, 5.41) is 12.5. The van der Waals surface area contributed by atoms with Crippen LogP contribution in [-0.2, 0) is 0 Å². The molecule has 0 spiro atoms. The summed E-state index contributed by atoms with van der Waals surface area (Å²) in [4.78, 5) is 0. The smallest absolute Gasteiger partial charge is 0.123 e. The maximum Gasteiger partial charge on any atom is 0.123 e. The number of nitriles is 1. The fourth-order valence-electron chi connectivity index (χ4n) is 2.10.